The Morgan fingerprint density at radius 2 is 1.65 bits per heavy atom. The summed E-state index contributed by atoms with van der Waals surface area (Å²) in [6, 6.07) is 6.64. The lowest BCUT2D eigenvalue weighted by atomic mass is 9.91. The molecule has 1 aromatic carbocycles. The fourth-order valence-corrected chi connectivity index (χ4v) is 3.94. The number of carbonyl (C=O) groups excluding carboxylic acids is 2. The maximum atomic E-state index is 13.5. The van der Waals surface area contributed by atoms with E-state index in [1.807, 2.05) is 45.0 Å². The predicted octanol–water partition coefficient (Wildman–Crippen LogP) is 3.37. The van der Waals surface area contributed by atoms with Gasteiger partial charge in [0.2, 0.25) is 11.8 Å². The zero-order valence-electron chi connectivity index (χ0n) is 23.3. The molecule has 210 valence electrons. The average Bonchev–Trinajstić information content (AvgIpc) is 3.33. The number of methoxy groups -OCH3 is 1. The number of rotatable bonds is 17. The first-order valence-electron chi connectivity index (χ1n) is 13.3. The van der Waals surface area contributed by atoms with E-state index in [1.54, 1.807) is 12.0 Å². The maximum absolute atomic E-state index is 13.5. The standard InChI is InChI=1S/C28H46N2O7/c1-6-13-36-23-9-7-22(8-10-23)26(29-25(31)20-28(2,3)4)27(32)30-12-11-24(21-30)37-19-18-35-17-16-34-15-14-33-5/h7-10,24,26H,6,11-21H2,1-5H3,(H,29,31)/t24-,26-/m0/s1. The molecule has 0 bridgehead atoms. The first-order valence-corrected chi connectivity index (χ1v) is 13.3. The Labute approximate surface area is 222 Å². The highest BCUT2D eigenvalue weighted by molar-refractivity contribution is 5.89. The van der Waals surface area contributed by atoms with E-state index in [4.69, 9.17) is 23.7 Å². The summed E-state index contributed by atoms with van der Waals surface area (Å²) in [6.45, 7) is 12.8. The third-order valence-electron chi connectivity index (χ3n) is 5.77. The zero-order chi connectivity index (χ0) is 27.1. The van der Waals surface area contributed by atoms with Crippen molar-refractivity contribution in [3.63, 3.8) is 0 Å². The molecule has 2 amide bonds. The molecule has 1 heterocycles. The average molecular weight is 523 g/mol. The third-order valence-corrected chi connectivity index (χ3v) is 5.77. The molecule has 9 heteroatoms. The highest BCUT2D eigenvalue weighted by Gasteiger charge is 2.33. The lowest BCUT2D eigenvalue weighted by molar-refractivity contribution is -0.136. The van der Waals surface area contributed by atoms with Gasteiger partial charge in [0.15, 0.2) is 0 Å². The van der Waals surface area contributed by atoms with Gasteiger partial charge < -0.3 is 33.9 Å². The van der Waals surface area contributed by atoms with Crippen LogP contribution in [0.15, 0.2) is 24.3 Å². The number of likely N-dealkylation sites (tertiary alicyclic amines) is 1. The summed E-state index contributed by atoms with van der Waals surface area (Å²) in [7, 11) is 1.64. The molecule has 1 N–H and O–H groups in total. The molecule has 2 rings (SSSR count). The van der Waals surface area contributed by atoms with E-state index in [2.05, 4.69) is 12.2 Å². The molecule has 0 unspecified atom stereocenters. The molecule has 9 nitrogen and oxygen atoms in total. The van der Waals surface area contributed by atoms with E-state index in [-0.39, 0.29) is 23.3 Å². The largest absolute Gasteiger partial charge is 0.494 e. The summed E-state index contributed by atoms with van der Waals surface area (Å²) in [5.74, 6) is 0.476. The second-order valence-corrected chi connectivity index (χ2v) is 10.4. The van der Waals surface area contributed by atoms with E-state index in [1.165, 1.54) is 0 Å². The molecule has 37 heavy (non-hydrogen) atoms. The van der Waals surface area contributed by atoms with Crippen LogP contribution in [-0.2, 0) is 28.5 Å². The molecular formula is C28H46N2O7. The van der Waals surface area contributed by atoms with Crippen LogP contribution < -0.4 is 10.1 Å². The fraction of sp³-hybridized carbons (Fsp3) is 0.714. The van der Waals surface area contributed by atoms with Crippen molar-refractivity contribution in [3.05, 3.63) is 29.8 Å². The minimum absolute atomic E-state index is 0.0544. The van der Waals surface area contributed by atoms with Gasteiger partial charge in [-0.1, -0.05) is 39.8 Å². The van der Waals surface area contributed by atoms with Crippen molar-refractivity contribution in [2.45, 2.75) is 59.1 Å². The summed E-state index contributed by atoms with van der Waals surface area (Å²) in [4.78, 5) is 28.1. The minimum atomic E-state index is -0.754. The van der Waals surface area contributed by atoms with Crippen molar-refractivity contribution < 1.29 is 33.3 Å². The van der Waals surface area contributed by atoms with Gasteiger partial charge in [-0.2, -0.15) is 0 Å². The van der Waals surface area contributed by atoms with Gasteiger partial charge in [-0.15, -0.1) is 0 Å². The third kappa shape index (κ3) is 12.3. The van der Waals surface area contributed by atoms with Gasteiger partial charge in [0.05, 0.1) is 52.4 Å². The van der Waals surface area contributed by atoms with Gasteiger partial charge in [0.1, 0.15) is 11.8 Å². The van der Waals surface area contributed by atoms with Gasteiger partial charge in [-0.05, 0) is 36.0 Å². The van der Waals surface area contributed by atoms with E-state index < -0.39 is 6.04 Å². The van der Waals surface area contributed by atoms with Gasteiger partial charge in [0, 0.05) is 26.6 Å². The van der Waals surface area contributed by atoms with Crippen molar-refractivity contribution in [1.82, 2.24) is 10.2 Å². The molecule has 0 spiro atoms. The normalized spacial score (nSPS) is 16.6. The number of amides is 2. The molecule has 2 atom stereocenters. The zero-order valence-corrected chi connectivity index (χ0v) is 23.3. The molecule has 1 aromatic rings. The van der Waals surface area contributed by atoms with Gasteiger partial charge in [0.25, 0.3) is 0 Å². The summed E-state index contributed by atoms with van der Waals surface area (Å²) < 4.78 is 27.4. The Kier molecular flexibility index (Phi) is 13.9. The van der Waals surface area contributed by atoms with Gasteiger partial charge in [-0.3, -0.25) is 9.59 Å². The summed E-state index contributed by atoms with van der Waals surface area (Å²) in [5, 5.41) is 2.98. The van der Waals surface area contributed by atoms with E-state index >= 15 is 0 Å². The van der Waals surface area contributed by atoms with Crippen LogP contribution in [0.1, 0.15) is 58.6 Å². The van der Waals surface area contributed by atoms with Crippen LogP contribution in [0, 0.1) is 5.41 Å². The monoisotopic (exact) mass is 522 g/mol. The molecular weight excluding hydrogens is 476 g/mol. The van der Waals surface area contributed by atoms with Crippen LogP contribution in [0.2, 0.25) is 0 Å². The van der Waals surface area contributed by atoms with Crippen molar-refractivity contribution in [3.8, 4) is 5.75 Å². The molecule has 1 saturated heterocycles. The lowest BCUT2D eigenvalue weighted by Crippen LogP contribution is -2.43. The molecule has 0 aliphatic carbocycles. The predicted molar refractivity (Wildman–Crippen MR) is 142 cm³/mol. The molecule has 0 radical (unpaired) electrons. The van der Waals surface area contributed by atoms with E-state index in [0.717, 1.165) is 24.2 Å². The number of nitrogens with zero attached hydrogens (tertiary/aromatic N) is 1. The molecule has 0 saturated carbocycles. The van der Waals surface area contributed by atoms with Crippen molar-refractivity contribution in [1.29, 1.82) is 0 Å². The first-order chi connectivity index (χ1) is 17.7. The molecule has 1 aliphatic rings. The van der Waals surface area contributed by atoms with Crippen LogP contribution in [0.4, 0.5) is 0 Å². The van der Waals surface area contributed by atoms with Gasteiger partial charge in [-0.25, -0.2) is 0 Å². The summed E-state index contributed by atoms with van der Waals surface area (Å²) in [6.07, 6.45) is 1.94. The summed E-state index contributed by atoms with van der Waals surface area (Å²) >= 11 is 0. The fourth-order valence-electron chi connectivity index (χ4n) is 3.94. The quantitative estimate of drug-likeness (QED) is 0.314. The van der Waals surface area contributed by atoms with E-state index in [0.29, 0.717) is 65.8 Å². The van der Waals surface area contributed by atoms with Crippen LogP contribution in [-0.4, -0.2) is 89.3 Å². The van der Waals surface area contributed by atoms with Gasteiger partial charge >= 0.3 is 0 Å². The topological polar surface area (TPSA) is 95.6 Å². The lowest BCUT2D eigenvalue weighted by Gasteiger charge is -2.26. The maximum Gasteiger partial charge on any atom is 0.249 e. The highest BCUT2D eigenvalue weighted by atomic mass is 16.6. The van der Waals surface area contributed by atoms with E-state index in [9.17, 15) is 9.59 Å². The van der Waals surface area contributed by atoms with Crippen LogP contribution >= 0.6 is 0 Å². The van der Waals surface area contributed by atoms with Crippen LogP contribution in [0.5, 0.6) is 5.75 Å². The minimum Gasteiger partial charge on any atom is -0.494 e. The molecule has 1 fully saturated rings. The smallest absolute Gasteiger partial charge is 0.249 e. The van der Waals surface area contributed by atoms with Crippen molar-refractivity contribution in [2.75, 3.05) is 66.4 Å². The second kappa shape index (κ2) is 16.6. The number of hydrogen-bond donors (Lipinski definition) is 1. The summed E-state index contributed by atoms with van der Waals surface area (Å²) in [5.41, 5.74) is 0.557. The van der Waals surface area contributed by atoms with Crippen molar-refractivity contribution in [2.24, 2.45) is 5.41 Å². The SMILES string of the molecule is CCCOc1ccc([C@H](NC(=O)CC(C)(C)C)C(=O)N2CC[C@H](OCCOCCOCCOC)C2)cc1. The Bertz CT molecular complexity index is 795. The number of hydrogen-bond acceptors (Lipinski definition) is 7. The Morgan fingerprint density at radius 3 is 2.27 bits per heavy atom. The Hall–Kier alpha value is -2.20. The van der Waals surface area contributed by atoms with Crippen molar-refractivity contribution >= 4 is 11.8 Å². The van der Waals surface area contributed by atoms with Crippen LogP contribution in [0.3, 0.4) is 0 Å². The number of ether oxygens (including phenoxy) is 5. The second-order valence-electron chi connectivity index (χ2n) is 10.4. The Morgan fingerprint density at radius 1 is 1.00 bits per heavy atom. The number of nitrogens with one attached hydrogen (secondary N) is 1. The molecule has 1 aliphatic heterocycles. The van der Waals surface area contributed by atoms with Crippen LogP contribution in [0.25, 0.3) is 0 Å². The number of benzene rings is 1. The molecule has 0 aromatic heterocycles. The number of carbonyl (C=O) groups is 2. The highest BCUT2D eigenvalue weighted by Crippen LogP contribution is 2.25. The Balaban J connectivity index is 1.89. The first kappa shape index (κ1) is 31.0.